The third-order valence-electron chi connectivity index (χ3n) is 5.42. The highest BCUT2D eigenvalue weighted by atomic mass is 28.3. The summed E-state index contributed by atoms with van der Waals surface area (Å²) in [5, 5.41) is 0. The summed E-state index contributed by atoms with van der Waals surface area (Å²) in [4.78, 5) is 0. The number of hydrogen-bond acceptors (Lipinski definition) is 4. The first-order chi connectivity index (χ1) is 10.5. The van der Waals surface area contributed by atoms with Crippen molar-refractivity contribution >= 4 is 17.8 Å². The zero-order chi connectivity index (χ0) is 17.0. The molecule has 6 heteroatoms. The number of hydrogen-bond donors (Lipinski definition) is 0. The van der Waals surface area contributed by atoms with Crippen LogP contribution in [0.2, 0.25) is 18.1 Å². The van der Waals surface area contributed by atoms with Crippen molar-refractivity contribution < 1.29 is 13.3 Å². The molecule has 0 aromatic rings. The molecule has 0 amide bonds. The summed E-state index contributed by atoms with van der Waals surface area (Å²) < 4.78 is 17.1. The van der Waals surface area contributed by atoms with Crippen molar-refractivity contribution in [3.63, 3.8) is 0 Å². The van der Waals surface area contributed by atoms with E-state index in [-0.39, 0.29) is 0 Å². The molecule has 0 saturated heterocycles. The van der Waals surface area contributed by atoms with Gasteiger partial charge in [0, 0.05) is 27.4 Å². The molecule has 1 saturated carbocycles. The van der Waals surface area contributed by atoms with Crippen molar-refractivity contribution in [1.29, 1.82) is 0 Å². The number of nitrogens with zero attached hydrogens (tertiary/aromatic N) is 1. The van der Waals surface area contributed by atoms with Crippen molar-refractivity contribution in [2.24, 2.45) is 0 Å². The van der Waals surface area contributed by atoms with Crippen molar-refractivity contribution in [2.45, 2.75) is 77.0 Å². The molecule has 0 unspecified atom stereocenters. The third kappa shape index (κ3) is 6.80. The molecular formula is C16H39NO3Si2. The molecule has 0 heterocycles. The lowest BCUT2D eigenvalue weighted by molar-refractivity contribution is 0.163. The molecule has 0 radical (unpaired) electrons. The van der Waals surface area contributed by atoms with Crippen LogP contribution in [0.4, 0.5) is 0 Å². The third-order valence-corrected chi connectivity index (χ3v) is 12.4. The van der Waals surface area contributed by atoms with Gasteiger partial charge in [-0.05, 0) is 38.0 Å². The summed E-state index contributed by atoms with van der Waals surface area (Å²) in [6.45, 7) is 7.25. The van der Waals surface area contributed by atoms with Crippen LogP contribution in [-0.4, -0.2) is 56.7 Å². The average molecular weight is 350 g/mol. The zero-order valence-corrected chi connectivity index (χ0v) is 18.1. The minimum atomic E-state index is -1.67. The molecule has 1 rings (SSSR count). The van der Waals surface area contributed by atoms with E-state index in [0.29, 0.717) is 0 Å². The van der Waals surface area contributed by atoms with Gasteiger partial charge in [-0.1, -0.05) is 40.0 Å². The SMILES string of the molecule is CC[Si](CC)(CC)N(C)C1CCCCC1.CO[SiH](OC)OC. The molecule has 134 valence electrons. The quantitative estimate of drug-likeness (QED) is 0.622. The summed E-state index contributed by atoms with van der Waals surface area (Å²) in [5.74, 6) is 0. The maximum Gasteiger partial charge on any atom is 0.483 e. The molecule has 0 N–H and O–H groups in total. The lowest BCUT2D eigenvalue weighted by Crippen LogP contribution is -2.55. The van der Waals surface area contributed by atoms with Crippen molar-refractivity contribution in [1.82, 2.24) is 4.57 Å². The summed E-state index contributed by atoms with van der Waals surface area (Å²) in [6.07, 6.45) is 7.34. The molecule has 0 spiro atoms. The minimum absolute atomic E-state index is 0.922. The topological polar surface area (TPSA) is 30.9 Å². The van der Waals surface area contributed by atoms with Crippen molar-refractivity contribution in [3.8, 4) is 0 Å². The highest BCUT2D eigenvalue weighted by molar-refractivity contribution is 6.77. The molecule has 0 aliphatic heterocycles. The van der Waals surface area contributed by atoms with E-state index in [0.717, 1.165) is 6.04 Å². The maximum absolute atomic E-state index is 4.74. The van der Waals surface area contributed by atoms with Gasteiger partial charge in [-0.25, -0.2) is 0 Å². The van der Waals surface area contributed by atoms with E-state index in [1.165, 1.54) is 50.2 Å². The molecule has 1 aliphatic rings. The van der Waals surface area contributed by atoms with Crippen LogP contribution in [-0.2, 0) is 13.3 Å². The van der Waals surface area contributed by atoms with Gasteiger partial charge in [0.1, 0.15) is 8.24 Å². The summed E-state index contributed by atoms with van der Waals surface area (Å²) in [6, 6.07) is 5.23. The van der Waals surface area contributed by atoms with E-state index in [2.05, 4.69) is 32.4 Å². The Morgan fingerprint density at radius 3 is 1.55 bits per heavy atom. The van der Waals surface area contributed by atoms with Gasteiger partial charge in [-0.15, -0.1) is 0 Å². The second-order valence-electron chi connectivity index (χ2n) is 6.18. The van der Waals surface area contributed by atoms with Gasteiger partial charge in [-0.2, -0.15) is 0 Å². The van der Waals surface area contributed by atoms with Crippen LogP contribution < -0.4 is 0 Å². The Balaban J connectivity index is 0.000000534. The Morgan fingerprint density at radius 2 is 1.27 bits per heavy atom. The van der Waals surface area contributed by atoms with Gasteiger partial charge in [0.05, 0.1) is 0 Å². The Kier molecular flexibility index (Phi) is 12.8. The van der Waals surface area contributed by atoms with E-state index in [9.17, 15) is 0 Å². The van der Waals surface area contributed by atoms with Crippen LogP contribution in [0.3, 0.4) is 0 Å². The second kappa shape index (κ2) is 12.7. The second-order valence-corrected chi connectivity index (χ2v) is 13.5. The van der Waals surface area contributed by atoms with Crippen molar-refractivity contribution in [3.05, 3.63) is 0 Å². The van der Waals surface area contributed by atoms with Gasteiger partial charge in [0.15, 0.2) is 0 Å². The fourth-order valence-electron chi connectivity index (χ4n) is 3.64. The first kappa shape index (κ1) is 22.3. The Labute approximate surface area is 141 Å². The monoisotopic (exact) mass is 349 g/mol. The molecule has 0 bridgehead atoms. The van der Waals surface area contributed by atoms with Crippen LogP contribution in [0.1, 0.15) is 52.9 Å². The normalized spacial score (nSPS) is 16.8. The highest BCUT2D eigenvalue weighted by Crippen LogP contribution is 2.31. The highest BCUT2D eigenvalue weighted by Gasteiger charge is 2.36. The number of rotatable bonds is 8. The van der Waals surface area contributed by atoms with Crippen LogP contribution >= 0.6 is 0 Å². The van der Waals surface area contributed by atoms with Gasteiger partial charge >= 0.3 is 9.53 Å². The van der Waals surface area contributed by atoms with Gasteiger partial charge < -0.3 is 17.8 Å². The van der Waals surface area contributed by atoms with Gasteiger partial charge in [-0.3, -0.25) is 0 Å². The van der Waals surface area contributed by atoms with E-state index < -0.39 is 17.8 Å². The first-order valence-corrected chi connectivity index (χ1v) is 12.8. The molecular weight excluding hydrogens is 310 g/mol. The molecule has 22 heavy (non-hydrogen) atoms. The average Bonchev–Trinajstić information content (AvgIpc) is 2.60. The summed E-state index contributed by atoms with van der Waals surface area (Å²) in [5.41, 5.74) is 0. The fourth-order valence-corrected chi connectivity index (χ4v) is 8.25. The molecule has 0 atom stereocenters. The molecule has 0 aromatic heterocycles. The van der Waals surface area contributed by atoms with Crippen LogP contribution in [0.15, 0.2) is 0 Å². The molecule has 1 aliphatic carbocycles. The van der Waals surface area contributed by atoms with E-state index in [1.807, 2.05) is 0 Å². The standard InChI is InChI=1S/C13H29NSi.C3H10O3Si/c1-5-15(6-2,7-3)14(4)13-11-9-8-10-12-13;1-4-7(5-2)6-3/h13H,5-12H2,1-4H3;7H,1-3H3. The molecule has 1 fully saturated rings. The van der Waals surface area contributed by atoms with Crippen LogP contribution in [0.5, 0.6) is 0 Å². The van der Waals surface area contributed by atoms with Gasteiger partial charge in [0.2, 0.25) is 0 Å². The minimum Gasteiger partial charge on any atom is -0.379 e. The van der Waals surface area contributed by atoms with E-state index in [1.54, 1.807) is 21.3 Å². The maximum atomic E-state index is 4.74. The molecule has 0 aromatic carbocycles. The van der Waals surface area contributed by atoms with E-state index in [4.69, 9.17) is 13.3 Å². The zero-order valence-electron chi connectivity index (χ0n) is 16.0. The van der Waals surface area contributed by atoms with Gasteiger partial charge in [0.25, 0.3) is 0 Å². The van der Waals surface area contributed by atoms with Crippen LogP contribution in [0, 0.1) is 0 Å². The largest absolute Gasteiger partial charge is 0.483 e. The predicted molar refractivity (Wildman–Crippen MR) is 100 cm³/mol. The van der Waals surface area contributed by atoms with Crippen LogP contribution in [0.25, 0.3) is 0 Å². The Hall–Kier alpha value is 0.274. The lowest BCUT2D eigenvalue weighted by atomic mass is 9.96. The predicted octanol–water partition coefficient (Wildman–Crippen LogP) is 3.90. The summed E-state index contributed by atoms with van der Waals surface area (Å²) in [7, 11) is 4.40. The lowest BCUT2D eigenvalue weighted by Gasteiger charge is -2.44. The summed E-state index contributed by atoms with van der Waals surface area (Å²) >= 11 is 0. The first-order valence-electron chi connectivity index (χ1n) is 8.86. The fraction of sp³-hybridized carbons (Fsp3) is 1.00. The smallest absolute Gasteiger partial charge is 0.379 e. The Bertz CT molecular complexity index is 242. The molecule has 4 nitrogen and oxygen atoms in total. The van der Waals surface area contributed by atoms with Crippen molar-refractivity contribution in [2.75, 3.05) is 28.4 Å². The van der Waals surface area contributed by atoms with E-state index >= 15 is 0 Å². The Morgan fingerprint density at radius 1 is 0.864 bits per heavy atom.